The first-order chi connectivity index (χ1) is 17.4. The van der Waals surface area contributed by atoms with E-state index >= 15 is 0 Å². The van der Waals surface area contributed by atoms with Crippen LogP contribution in [0.5, 0.6) is 11.5 Å². The van der Waals surface area contributed by atoms with Crippen LogP contribution in [0.1, 0.15) is 52.0 Å². The molecule has 1 N–H and O–H groups in total. The Bertz CT molecular complexity index is 915. The molecule has 6 nitrogen and oxygen atoms in total. The number of hydrogen-bond donors (Lipinski definition) is 1. The quantitative estimate of drug-likeness (QED) is 0.459. The molecule has 0 aromatic heterocycles. The van der Waals surface area contributed by atoms with Crippen LogP contribution in [0.2, 0.25) is 0 Å². The third-order valence-electron chi connectivity index (χ3n) is 7.32. The Balaban J connectivity index is 1.33. The van der Waals surface area contributed by atoms with E-state index in [-0.39, 0.29) is 18.1 Å². The lowest BCUT2D eigenvalue weighted by molar-refractivity contribution is -0.342. The average Bonchev–Trinajstić information content (AvgIpc) is 2.87. The van der Waals surface area contributed by atoms with Gasteiger partial charge in [0.15, 0.2) is 5.79 Å². The van der Waals surface area contributed by atoms with Gasteiger partial charge in [0.2, 0.25) is 0 Å². The Morgan fingerprint density at radius 2 is 1.61 bits per heavy atom. The standard InChI is InChI=1S/C30H42O6/c1-21-14-27(20-34-26-12-10-25(32-4)11-13-26)35-30(16-21)17-22(2)15-28(36-30)29(31)23(3)18-33-19-24-8-6-5-7-9-24/h5-13,21-23,27-29,31H,14-20H2,1-4H3/t21-,22+,23+,27+,28+,29+,30?/m1/s1. The van der Waals surface area contributed by atoms with Crippen molar-refractivity contribution in [3.05, 3.63) is 60.2 Å². The number of benzene rings is 2. The maximum absolute atomic E-state index is 11.2. The maximum atomic E-state index is 11.2. The minimum atomic E-state index is -0.681. The number of rotatable bonds is 10. The minimum Gasteiger partial charge on any atom is -0.497 e. The fourth-order valence-electron chi connectivity index (χ4n) is 5.63. The minimum absolute atomic E-state index is 0.0451. The van der Waals surface area contributed by atoms with Crippen molar-refractivity contribution in [2.75, 3.05) is 20.3 Å². The lowest BCUT2D eigenvalue weighted by atomic mass is 9.81. The third kappa shape index (κ3) is 7.22. The summed E-state index contributed by atoms with van der Waals surface area (Å²) in [7, 11) is 1.65. The highest BCUT2D eigenvalue weighted by atomic mass is 16.7. The molecule has 36 heavy (non-hydrogen) atoms. The summed E-state index contributed by atoms with van der Waals surface area (Å²) in [6, 6.07) is 17.7. The number of ether oxygens (including phenoxy) is 5. The van der Waals surface area contributed by atoms with Crippen LogP contribution in [0.25, 0.3) is 0 Å². The molecule has 2 aromatic carbocycles. The van der Waals surface area contributed by atoms with Gasteiger partial charge in [0.05, 0.1) is 38.6 Å². The maximum Gasteiger partial charge on any atom is 0.169 e. The van der Waals surface area contributed by atoms with Gasteiger partial charge in [0, 0.05) is 18.8 Å². The Labute approximate surface area is 215 Å². The number of methoxy groups -OCH3 is 1. The van der Waals surface area contributed by atoms with E-state index in [1.807, 2.05) is 61.5 Å². The van der Waals surface area contributed by atoms with E-state index in [9.17, 15) is 5.11 Å². The summed E-state index contributed by atoms with van der Waals surface area (Å²) in [4.78, 5) is 0. The van der Waals surface area contributed by atoms with E-state index in [1.54, 1.807) is 7.11 Å². The molecule has 2 aliphatic rings. The molecule has 6 heteroatoms. The van der Waals surface area contributed by atoms with Crippen LogP contribution in [0.4, 0.5) is 0 Å². The smallest absolute Gasteiger partial charge is 0.169 e. The first-order valence-corrected chi connectivity index (χ1v) is 13.3. The summed E-state index contributed by atoms with van der Waals surface area (Å²) in [5.41, 5.74) is 1.13. The van der Waals surface area contributed by atoms with Crippen molar-refractivity contribution < 1.29 is 28.8 Å². The second-order valence-electron chi connectivity index (χ2n) is 10.9. The molecular formula is C30H42O6. The Morgan fingerprint density at radius 1 is 0.944 bits per heavy atom. The second-order valence-corrected chi connectivity index (χ2v) is 10.9. The van der Waals surface area contributed by atoms with Gasteiger partial charge >= 0.3 is 0 Å². The molecular weight excluding hydrogens is 456 g/mol. The van der Waals surface area contributed by atoms with E-state index in [2.05, 4.69) is 13.8 Å². The molecule has 2 heterocycles. The van der Waals surface area contributed by atoms with Crippen molar-refractivity contribution in [1.29, 1.82) is 0 Å². The molecule has 4 rings (SSSR count). The average molecular weight is 499 g/mol. The molecule has 2 aliphatic heterocycles. The van der Waals surface area contributed by atoms with Crippen molar-refractivity contribution in [2.45, 2.75) is 77.2 Å². The topological polar surface area (TPSA) is 66.4 Å². The Morgan fingerprint density at radius 3 is 2.31 bits per heavy atom. The van der Waals surface area contributed by atoms with Crippen molar-refractivity contribution in [3.8, 4) is 11.5 Å². The number of aliphatic hydroxyl groups is 1. The molecule has 0 bridgehead atoms. The van der Waals surface area contributed by atoms with Gasteiger partial charge < -0.3 is 28.8 Å². The molecule has 0 amide bonds. The van der Waals surface area contributed by atoms with Crippen LogP contribution in [-0.4, -0.2) is 49.5 Å². The predicted molar refractivity (Wildman–Crippen MR) is 139 cm³/mol. The third-order valence-corrected chi connectivity index (χ3v) is 7.32. The normalized spacial score (nSPS) is 30.0. The molecule has 7 atom stereocenters. The van der Waals surface area contributed by atoms with Gasteiger partial charge in [-0.05, 0) is 54.5 Å². The van der Waals surface area contributed by atoms with Gasteiger partial charge in [-0.15, -0.1) is 0 Å². The summed E-state index contributed by atoms with van der Waals surface area (Å²) in [6.07, 6.45) is 2.44. The van der Waals surface area contributed by atoms with Crippen molar-refractivity contribution >= 4 is 0 Å². The highest BCUT2D eigenvalue weighted by Gasteiger charge is 2.48. The monoisotopic (exact) mass is 498 g/mol. The van der Waals surface area contributed by atoms with Crippen LogP contribution >= 0.6 is 0 Å². The van der Waals surface area contributed by atoms with E-state index in [0.717, 1.165) is 42.7 Å². The second kappa shape index (κ2) is 12.4. The van der Waals surface area contributed by atoms with Gasteiger partial charge in [-0.1, -0.05) is 51.1 Å². The highest BCUT2D eigenvalue weighted by molar-refractivity contribution is 5.31. The number of aliphatic hydroxyl groups excluding tert-OH is 1. The molecule has 0 saturated carbocycles. The molecule has 2 aromatic rings. The van der Waals surface area contributed by atoms with Crippen molar-refractivity contribution in [2.24, 2.45) is 17.8 Å². The molecule has 198 valence electrons. The first-order valence-electron chi connectivity index (χ1n) is 13.3. The first kappa shape index (κ1) is 26.9. The van der Waals surface area contributed by atoms with Gasteiger partial charge in [-0.3, -0.25) is 0 Å². The zero-order chi connectivity index (χ0) is 25.5. The fraction of sp³-hybridized carbons (Fsp3) is 0.600. The van der Waals surface area contributed by atoms with Crippen molar-refractivity contribution in [3.63, 3.8) is 0 Å². The summed E-state index contributed by atoms with van der Waals surface area (Å²) in [5.74, 6) is 1.71. The lowest BCUT2D eigenvalue weighted by Crippen LogP contribution is -2.55. The van der Waals surface area contributed by atoms with Crippen molar-refractivity contribution in [1.82, 2.24) is 0 Å². The summed E-state index contributed by atoms with van der Waals surface area (Å²) in [6.45, 7) is 7.99. The van der Waals surface area contributed by atoms with E-state index in [4.69, 9.17) is 23.7 Å². The van der Waals surface area contributed by atoms with Crippen LogP contribution in [-0.2, 0) is 20.8 Å². The largest absolute Gasteiger partial charge is 0.497 e. The molecule has 1 spiro atoms. The van der Waals surface area contributed by atoms with Gasteiger partial charge in [-0.25, -0.2) is 0 Å². The van der Waals surface area contributed by atoms with Crippen LogP contribution in [0.15, 0.2) is 54.6 Å². The van der Waals surface area contributed by atoms with E-state index in [0.29, 0.717) is 31.7 Å². The van der Waals surface area contributed by atoms with Crippen LogP contribution in [0, 0.1) is 17.8 Å². The van der Waals surface area contributed by atoms with E-state index in [1.165, 1.54) is 0 Å². The SMILES string of the molecule is COc1ccc(OC[C@@H]2C[C@@H](C)CC3(C[C@@H](C)C[C@@H]([C@@H](O)[C@@H](C)COCc4ccccc4)O3)O2)cc1. The number of hydrogen-bond acceptors (Lipinski definition) is 6. The van der Waals surface area contributed by atoms with E-state index < -0.39 is 11.9 Å². The summed E-state index contributed by atoms with van der Waals surface area (Å²) < 4.78 is 30.4. The van der Waals surface area contributed by atoms with Gasteiger partial charge in [0.25, 0.3) is 0 Å². The van der Waals surface area contributed by atoms with Gasteiger partial charge in [-0.2, -0.15) is 0 Å². The van der Waals surface area contributed by atoms with Crippen LogP contribution < -0.4 is 9.47 Å². The lowest BCUT2D eigenvalue weighted by Gasteiger charge is -2.50. The predicted octanol–water partition coefficient (Wildman–Crippen LogP) is 5.61. The molecule has 2 fully saturated rings. The summed E-state index contributed by atoms with van der Waals surface area (Å²) in [5, 5.41) is 11.2. The van der Waals surface area contributed by atoms with Crippen LogP contribution in [0.3, 0.4) is 0 Å². The molecule has 0 radical (unpaired) electrons. The fourth-order valence-corrected chi connectivity index (χ4v) is 5.63. The molecule has 1 unspecified atom stereocenters. The molecule has 0 aliphatic carbocycles. The zero-order valence-corrected chi connectivity index (χ0v) is 22.1. The molecule has 2 saturated heterocycles. The Hall–Kier alpha value is -2.12. The summed E-state index contributed by atoms with van der Waals surface area (Å²) >= 11 is 0. The highest BCUT2D eigenvalue weighted by Crippen LogP contribution is 2.44. The van der Waals surface area contributed by atoms with Gasteiger partial charge in [0.1, 0.15) is 18.1 Å². The Kier molecular flexibility index (Phi) is 9.29. The zero-order valence-electron chi connectivity index (χ0n) is 22.1.